The maximum absolute atomic E-state index is 12.9. The Kier molecular flexibility index (Phi) is 6.09. The highest BCUT2D eigenvalue weighted by molar-refractivity contribution is 7.90. The molecule has 1 saturated carbocycles. The predicted molar refractivity (Wildman–Crippen MR) is 89.7 cm³/mol. The Morgan fingerprint density at radius 2 is 1.78 bits per heavy atom. The quantitative estimate of drug-likeness (QED) is 0.719. The standard InChI is InChI=1S/C16H24F3NOS2/c1-15(2,3)23(21)20-14(11-7-5-4-6-8-11)12-9-10-13(22-12)16(17,18)19/h9-11,14,20H,4-8H2,1-3H3/t14?,23-/m0/s1. The molecule has 23 heavy (non-hydrogen) atoms. The smallest absolute Gasteiger partial charge is 0.425 e. The van der Waals surface area contributed by atoms with Crippen LogP contribution in [0.15, 0.2) is 12.1 Å². The lowest BCUT2D eigenvalue weighted by Crippen LogP contribution is -2.43. The van der Waals surface area contributed by atoms with E-state index < -0.39 is 27.2 Å². The fourth-order valence-electron chi connectivity index (χ4n) is 2.82. The molecule has 1 heterocycles. The molecule has 0 aliphatic heterocycles. The molecule has 0 aromatic carbocycles. The Labute approximate surface area is 143 Å². The van der Waals surface area contributed by atoms with Crippen molar-refractivity contribution >= 4 is 22.7 Å². The first-order valence-electron chi connectivity index (χ1n) is 7.94. The predicted octanol–water partition coefficient (Wildman–Crippen LogP) is 5.44. The SMILES string of the molecule is CC(C)(C)[S@+]([O-])NC(c1ccc(C(F)(F)F)s1)C1CCCCC1. The highest BCUT2D eigenvalue weighted by Gasteiger charge is 2.37. The molecule has 0 saturated heterocycles. The summed E-state index contributed by atoms with van der Waals surface area (Å²) in [6.45, 7) is 5.59. The van der Waals surface area contributed by atoms with E-state index in [1.165, 1.54) is 6.42 Å². The van der Waals surface area contributed by atoms with E-state index in [-0.39, 0.29) is 12.0 Å². The number of halogens is 3. The monoisotopic (exact) mass is 367 g/mol. The van der Waals surface area contributed by atoms with Crippen LogP contribution in [0.1, 0.15) is 68.7 Å². The van der Waals surface area contributed by atoms with Gasteiger partial charge >= 0.3 is 6.18 Å². The van der Waals surface area contributed by atoms with Gasteiger partial charge in [0.25, 0.3) is 0 Å². The third-order valence-electron chi connectivity index (χ3n) is 4.12. The second-order valence-corrected chi connectivity index (χ2v) is 10.2. The van der Waals surface area contributed by atoms with Crippen molar-refractivity contribution in [3.8, 4) is 0 Å². The van der Waals surface area contributed by atoms with Gasteiger partial charge in [0.1, 0.15) is 9.62 Å². The van der Waals surface area contributed by atoms with Crippen molar-refractivity contribution in [1.29, 1.82) is 0 Å². The van der Waals surface area contributed by atoms with Crippen LogP contribution < -0.4 is 4.72 Å². The van der Waals surface area contributed by atoms with Crippen LogP contribution in [0.5, 0.6) is 0 Å². The van der Waals surface area contributed by atoms with E-state index in [1.54, 1.807) is 6.07 Å². The van der Waals surface area contributed by atoms with E-state index in [1.807, 2.05) is 20.8 Å². The average Bonchev–Trinajstić information content (AvgIpc) is 2.94. The molecule has 2 rings (SSSR count). The van der Waals surface area contributed by atoms with E-state index in [9.17, 15) is 17.7 Å². The minimum absolute atomic E-state index is 0.245. The van der Waals surface area contributed by atoms with Gasteiger partial charge in [-0.15, -0.1) is 16.1 Å². The third-order valence-corrected chi connectivity index (χ3v) is 6.92. The molecule has 0 amide bonds. The lowest BCUT2D eigenvalue weighted by Gasteiger charge is -2.33. The van der Waals surface area contributed by atoms with Gasteiger partial charge in [-0.1, -0.05) is 19.3 Å². The first-order chi connectivity index (χ1) is 10.6. The molecule has 1 aliphatic rings. The molecular formula is C16H24F3NOS2. The Bertz CT molecular complexity index is 504. The largest absolute Gasteiger partial charge is 0.598 e. The van der Waals surface area contributed by atoms with E-state index in [0.717, 1.165) is 43.1 Å². The molecule has 1 aromatic rings. The minimum atomic E-state index is -4.32. The zero-order valence-corrected chi connectivity index (χ0v) is 15.3. The van der Waals surface area contributed by atoms with Crippen LogP contribution in [0.3, 0.4) is 0 Å². The molecule has 0 bridgehead atoms. The fourth-order valence-corrected chi connectivity index (χ4v) is 4.82. The van der Waals surface area contributed by atoms with E-state index in [2.05, 4.69) is 4.72 Å². The van der Waals surface area contributed by atoms with Crippen molar-refractivity contribution in [2.24, 2.45) is 5.92 Å². The van der Waals surface area contributed by atoms with Gasteiger partial charge in [0.05, 0.1) is 6.04 Å². The summed E-state index contributed by atoms with van der Waals surface area (Å²) in [6, 6.07) is 2.41. The lowest BCUT2D eigenvalue weighted by molar-refractivity contribution is -0.134. The van der Waals surface area contributed by atoms with Crippen LogP contribution >= 0.6 is 11.3 Å². The summed E-state index contributed by atoms with van der Waals surface area (Å²) in [5.74, 6) is 0.245. The van der Waals surface area contributed by atoms with Gasteiger partial charge in [-0.25, -0.2) is 0 Å². The maximum atomic E-state index is 12.9. The van der Waals surface area contributed by atoms with Crippen LogP contribution in [0, 0.1) is 5.92 Å². The molecule has 0 spiro atoms. The van der Waals surface area contributed by atoms with Crippen LogP contribution in [-0.4, -0.2) is 9.30 Å². The summed E-state index contributed by atoms with van der Waals surface area (Å²) in [4.78, 5) is 0.0541. The molecule has 1 unspecified atom stereocenters. The zero-order chi connectivity index (χ0) is 17.3. The molecule has 2 atom stereocenters. The summed E-state index contributed by atoms with van der Waals surface area (Å²) in [5.41, 5.74) is 0. The van der Waals surface area contributed by atoms with Gasteiger partial charge in [-0.05, 0) is 51.7 Å². The van der Waals surface area contributed by atoms with Crippen LogP contribution in [0.2, 0.25) is 0 Å². The molecule has 1 aromatic heterocycles. The number of alkyl halides is 3. The highest BCUT2D eigenvalue weighted by Crippen LogP contribution is 2.42. The second kappa shape index (κ2) is 7.33. The van der Waals surface area contributed by atoms with Gasteiger partial charge in [-0.3, -0.25) is 0 Å². The first-order valence-corrected chi connectivity index (χ1v) is 9.90. The minimum Gasteiger partial charge on any atom is -0.598 e. The number of nitrogens with one attached hydrogen (secondary N) is 1. The lowest BCUT2D eigenvalue weighted by atomic mass is 9.84. The normalized spacial score (nSPS) is 20.5. The van der Waals surface area contributed by atoms with Crippen molar-refractivity contribution in [2.75, 3.05) is 0 Å². The molecule has 1 aliphatic carbocycles. The van der Waals surface area contributed by atoms with Crippen molar-refractivity contribution in [1.82, 2.24) is 4.72 Å². The number of hydrogen-bond donors (Lipinski definition) is 1. The Balaban J connectivity index is 2.23. The second-order valence-electron chi connectivity index (χ2n) is 7.07. The Hall–Kier alpha value is -0.240. The topological polar surface area (TPSA) is 35.1 Å². The third kappa shape index (κ3) is 5.11. The van der Waals surface area contributed by atoms with Crippen molar-refractivity contribution in [3.63, 3.8) is 0 Å². The highest BCUT2D eigenvalue weighted by atomic mass is 32.2. The molecule has 1 N–H and O–H groups in total. The summed E-state index contributed by atoms with van der Waals surface area (Å²) >= 11 is -0.534. The van der Waals surface area contributed by atoms with Crippen molar-refractivity contribution in [2.45, 2.75) is 69.8 Å². The fraction of sp³-hybridized carbons (Fsp3) is 0.750. The van der Waals surface area contributed by atoms with Gasteiger partial charge in [0.2, 0.25) is 0 Å². The summed E-state index contributed by atoms with van der Waals surface area (Å²) in [7, 11) is 0. The van der Waals surface area contributed by atoms with Crippen molar-refractivity contribution in [3.05, 3.63) is 21.9 Å². The van der Waals surface area contributed by atoms with Gasteiger partial charge in [0, 0.05) is 16.2 Å². The van der Waals surface area contributed by atoms with Crippen LogP contribution in [0.25, 0.3) is 0 Å². The Morgan fingerprint density at radius 1 is 1.17 bits per heavy atom. The first kappa shape index (κ1) is 19.1. The molecular weight excluding hydrogens is 343 g/mol. The average molecular weight is 368 g/mol. The number of hydrogen-bond acceptors (Lipinski definition) is 3. The van der Waals surface area contributed by atoms with Crippen molar-refractivity contribution < 1.29 is 17.7 Å². The molecule has 1 fully saturated rings. The molecule has 7 heteroatoms. The number of rotatable bonds is 4. The van der Waals surface area contributed by atoms with Crippen LogP contribution in [0.4, 0.5) is 13.2 Å². The van der Waals surface area contributed by atoms with E-state index >= 15 is 0 Å². The maximum Gasteiger partial charge on any atom is 0.425 e. The summed E-state index contributed by atoms with van der Waals surface area (Å²) in [6.07, 6.45) is 0.967. The number of thiophene rings is 1. The van der Waals surface area contributed by atoms with E-state index in [4.69, 9.17) is 0 Å². The van der Waals surface area contributed by atoms with Crippen LogP contribution in [-0.2, 0) is 17.5 Å². The van der Waals surface area contributed by atoms with Gasteiger partial charge in [0.15, 0.2) is 0 Å². The van der Waals surface area contributed by atoms with Gasteiger partial charge < -0.3 is 4.55 Å². The zero-order valence-electron chi connectivity index (χ0n) is 13.7. The summed E-state index contributed by atoms with van der Waals surface area (Å²) in [5, 5.41) is 0. The molecule has 132 valence electrons. The van der Waals surface area contributed by atoms with E-state index in [0.29, 0.717) is 4.88 Å². The molecule has 2 nitrogen and oxygen atoms in total. The summed E-state index contributed by atoms with van der Waals surface area (Å²) < 4.78 is 53.8. The Morgan fingerprint density at radius 3 is 2.26 bits per heavy atom. The van der Waals surface area contributed by atoms with Gasteiger partial charge in [-0.2, -0.15) is 13.2 Å². The molecule has 0 radical (unpaired) electrons.